The van der Waals surface area contributed by atoms with Gasteiger partial charge in [-0.25, -0.2) is 4.98 Å². The number of nitrogens with one attached hydrogen (secondary N) is 2. The summed E-state index contributed by atoms with van der Waals surface area (Å²) in [7, 11) is 0. The predicted molar refractivity (Wildman–Crippen MR) is 107 cm³/mol. The van der Waals surface area contributed by atoms with Gasteiger partial charge >= 0.3 is 0 Å². The summed E-state index contributed by atoms with van der Waals surface area (Å²) in [6.45, 7) is 3.98. The molecule has 0 aliphatic carbocycles. The van der Waals surface area contributed by atoms with Gasteiger partial charge in [-0.3, -0.25) is 9.59 Å². The van der Waals surface area contributed by atoms with Crippen molar-refractivity contribution in [1.29, 1.82) is 0 Å². The van der Waals surface area contributed by atoms with Crippen LogP contribution in [0.5, 0.6) is 0 Å². The fourth-order valence-corrected chi connectivity index (χ4v) is 3.28. The van der Waals surface area contributed by atoms with Crippen molar-refractivity contribution in [2.45, 2.75) is 19.8 Å². The second-order valence-corrected chi connectivity index (χ2v) is 6.96. The summed E-state index contributed by atoms with van der Waals surface area (Å²) >= 11 is 5.88. The van der Waals surface area contributed by atoms with Gasteiger partial charge in [-0.1, -0.05) is 17.7 Å². The van der Waals surface area contributed by atoms with Crippen molar-refractivity contribution >= 4 is 34.9 Å². The lowest BCUT2D eigenvalue weighted by Crippen LogP contribution is -2.38. The number of rotatable bonds is 5. The molecule has 7 heteroatoms. The van der Waals surface area contributed by atoms with Crippen LogP contribution in [0, 0.1) is 5.92 Å². The van der Waals surface area contributed by atoms with Crippen molar-refractivity contribution < 1.29 is 9.59 Å². The predicted octanol–water partition coefficient (Wildman–Crippen LogP) is 3.34. The molecule has 0 radical (unpaired) electrons. The smallest absolute Gasteiger partial charge is 0.251 e. The number of anilines is 2. The minimum Gasteiger partial charge on any atom is -0.357 e. The third kappa shape index (κ3) is 4.98. The minimum atomic E-state index is -0.141. The Balaban J connectivity index is 1.56. The van der Waals surface area contributed by atoms with Crippen LogP contribution >= 0.6 is 11.6 Å². The van der Waals surface area contributed by atoms with Gasteiger partial charge in [0.1, 0.15) is 5.82 Å². The Hall–Kier alpha value is -2.60. The van der Waals surface area contributed by atoms with Crippen LogP contribution in [-0.2, 0) is 4.79 Å². The van der Waals surface area contributed by atoms with E-state index in [1.54, 1.807) is 30.5 Å². The fourth-order valence-electron chi connectivity index (χ4n) is 3.17. The molecule has 0 saturated carbocycles. The van der Waals surface area contributed by atoms with Gasteiger partial charge in [0, 0.05) is 43.0 Å². The zero-order valence-electron chi connectivity index (χ0n) is 15.2. The molecule has 0 bridgehead atoms. The van der Waals surface area contributed by atoms with Crippen molar-refractivity contribution in [3.8, 4) is 0 Å². The molecule has 3 rings (SSSR count). The average Bonchev–Trinajstić information content (AvgIpc) is 2.69. The van der Waals surface area contributed by atoms with E-state index in [-0.39, 0.29) is 17.7 Å². The van der Waals surface area contributed by atoms with Gasteiger partial charge in [0.2, 0.25) is 5.91 Å². The van der Waals surface area contributed by atoms with E-state index in [1.165, 1.54) is 0 Å². The largest absolute Gasteiger partial charge is 0.357 e. The van der Waals surface area contributed by atoms with E-state index in [9.17, 15) is 9.59 Å². The maximum atomic E-state index is 12.6. The third-order valence-electron chi connectivity index (χ3n) is 4.63. The zero-order valence-corrected chi connectivity index (χ0v) is 16.0. The number of nitrogens with zero attached hydrogens (tertiary/aromatic N) is 2. The molecule has 27 heavy (non-hydrogen) atoms. The molecule has 2 aromatic rings. The lowest BCUT2D eigenvalue weighted by molar-refractivity contribution is -0.120. The first-order chi connectivity index (χ1) is 13.1. The van der Waals surface area contributed by atoms with Gasteiger partial charge in [0.15, 0.2) is 0 Å². The Kier molecular flexibility index (Phi) is 6.29. The number of amides is 2. The molecule has 0 spiro atoms. The second kappa shape index (κ2) is 8.86. The van der Waals surface area contributed by atoms with E-state index in [0.29, 0.717) is 22.8 Å². The van der Waals surface area contributed by atoms with E-state index < -0.39 is 0 Å². The van der Waals surface area contributed by atoms with Gasteiger partial charge in [-0.15, -0.1) is 0 Å². The Morgan fingerprint density at radius 1 is 1.22 bits per heavy atom. The van der Waals surface area contributed by atoms with E-state index in [1.807, 2.05) is 19.1 Å². The van der Waals surface area contributed by atoms with Crippen molar-refractivity contribution in [2.75, 3.05) is 29.9 Å². The summed E-state index contributed by atoms with van der Waals surface area (Å²) in [6.07, 6.45) is 3.15. The molecule has 1 aliphatic heterocycles. The van der Waals surface area contributed by atoms with Crippen LogP contribution in [-0.4, -0.2) is 36.4 Å². The highest BCUT2D eigenvalue weighted by Crippen LogP contribution is 2.24. The highest BCUT2D eigenvalue weighted by atomic mass is 35.5. The number of halogens is 1. The lowest BCUT2D eigenvalue weighted by atomic mass is 9.95. The number of carbonyl (C=O) groups excluding carboxylic acids is 2. The molecule has 2 amide bonds. The first-order valence-electron chi connectivity index (χ1n) is 9.12. The minimum absolute atomic E-state index is 0.00763. The maximum absolute atomic E-state index is 12.6. The molecule has 1 saturated heterocycles. The first kappa shape index (κ1) is 19.2. The van der Waals surface area contributed by atoms with Crippen molar-refractivity contribution in [3.05, 3.63) is 53.2 Å². The van der Waals surface area contributed by atoms with E-state index in [2.05, 4.69) is 20.5 Å². The van der Waals surface area contributed by atoms with Crippen molar-refractivity contribution in [2.24, 2.45) is 5.92 Å². The van der Waals surface area contributed by atoms with Crippen LogP contribution < -0.4 is 15.5 Å². The van der Waals surface area contributed by atoms with Gasteiger partial charge in [-0.2, -0.15) is 0 Å². The number of carbonyl (C=O) groups is 2. The molecular formula is C20H23ClN4O2. The maximum Gasteiger partial charge on any atom is 0.251 e. The molecule has 2 N–H and O–H groups in total. The molecule has 1 aliphatic rings. The number of hydrogen-bond donors (Lipinski definition) is 2. The molecule has 2 heterocycles. The summed E-state index contributed by atoms with van der Waals surface area (Å²) in [5.41, 5.74) is 1.18. The summed E-state index contributed by atoms with van der Waals surface area (Å²) in [5, 5.41) is 6.31. The topological polar surface area (TPSA) is 74.3 Å². The number of benzene rings is 1. The standard InChI is InChI=1S/C20H23ClN4O2/c1-2-22-19(26)15-4-3-5-17(12-15)24-20(27)14-8-10-25(11-9-14)18-7-6-16(21)13-23-18/h3-7,12-14H,2,8-11H2,1H3,(H,22,26)(H,24,27). The first-order valence-corrected chi connectivity index (χ1v) is 9.50. The Morgan fingerprint density at radius 2 is 2.00 bits per heavy atom. The SMILES string of the molecule is CCNC(=O)c1cccc(NC(=O)C2CCN(c3ccc(Cl)cn3)CC2)c1. The summed E-state index contributed by atoms with van der Waals surface area (Å²) in [6, 6.07) is 10.7. The number of pyridine rings is 1. The van der Waals surface area contributed by atoms with Gasteiger partial charge in [0.05, 0.1) is 5.02 Å². The zero-order chi connectivity index (χ0) is 19.2. The van der Waals surface area contributed by atoms with Gasteiger partial charge in [-0.05, 0) is 50.1 Å². The highest BCUT2D eigenvalue weighted by Gasteiger charge is 2.25. The van der Waals surface area contributed by atoms with Crippen molar-refractivity contribution in [1.82, 2.24) is 10.3 Å². The lowest BCUT2D eigenvalue weighted by Gasteiger charge is -2.32. The molecular weight excluding hydrogens is 364 g/mol. The van der Waals surface area contributed by atoms with Gasteiger partial charge < -0.3 is 15.5 Å². The molecule has 6 nitrogen and oxygen atoms in total. The monoisotopic (exact) mass is 386 g/mol. The van der Waals surface area contributed by atoms with Crippen LogP contribution in [0.25, 0.3) is 0 Å². The second-order valence-electron chi connectivity index (χ2n) is 6.53. The molecule has 1 fully saturated rings. The molecule has 142 valence electrons. The highest BCUT2D eigenvalue weighted by molar-refractivity contribution is 6.30. The quantitative estimate of drug-likeness (QED) is 0.826. The van der Waals surface area contributed by atoms with Crippen LogP contribution in [0.3, 0.4) is 0 Å². The van der Waals surface area contributed by atoms with Crippen LogP contribution in [0.15, 0.2) is 42.6 Å². The van der Waals surface area contributed by atoms with E-state index >= 15 is 0 Å². The molecule has 0 unspecified atom stereocenters. The third-order valence-corrected chi connectivity index (χ3v) is 4.85. The number of piperidine rings is 1. The summed E-state index contributed by atoms with van der Waals surface area (Å²) < 4.78 is 0. The van der Waals surface area contributed by atoms with Gasteiger partial charge in [0.25, 0.3) is 5.91 Å². The molecule has 1 aromatic carbocycles. The van der Waals surface area contributed by atoms with E-state index in [0.717, 1.165) is 31.7 Å². The van der Waals surface area contributed by atoms with Crippen molar-refractivity contribution in [3.63, 3.8) is 0 Å². The van der Waals surface area contributed by atoms with Crippen LogP contribution in [0.1, 0.15) is 30.1 Å². The van der Waals surface area contributed by atoms with Crippen LogP contribution in [0.4, 0.5) is 11.5 Å². The van der Waals surface area contributed by atoms with E-state index in [4.69, 9.17) is 11.6 Å². The number of aromatic nitrogens is 1. The average molecular weight is 387 g/mol. The number of hydrogen-bond acceptors (Lipinski definition) is 4. The molecule has 1 aromatic heterocycles. The molecule has 0 atom stereocenters. The normalized spacial score (nSPS) is 14.7. The Bertz CT molecular complexity index is 802. The Labute approximate surface area is 163 Å². The summed E-state index contributed by atoms with van der Waals surface area (Å²) in [5.74, 6) is 0.679. The fraction of sp³-hybridized carbons (Fsp3) is 0.350. The summed E-state index contributed by atoms with van der Waals surface area (Å²) in [4.78, 5) is 31.0. The van der Waals surface area contributed by atoms with Crippen LogP contribution in [0.2, 0.25) is 5.02 Å². The Morgan fingerprint density at radius 3 is 2.67 bits per heavy atom.